The van der Waals surface area contributed by atoms with Gasteiger partial charge in [0.1, 0.15) is 12.4 Å². The minimum atomic E-state index is -3.48. The van der Waals surface area contributed by atoms with Crippen LogP contribution in [0.3, 0.4) is 0 Å². The number of ether oxygens (including phenoxy) is 1. The summed E-state index contributed by atoms with van der Waals surface area (Å²) in [5.41, 5.74) is 0.751. The van der Waals surface area contributed by atoms with Gasteiger partial charge >= 0.3 is 0 Å². The monoisotopic (exact) mass is 549 g/mol. The van der Waals surface area contributed by atoms with Crippen LogP contribution in [0.4, 0.5) is 0 Å². The number of benzene rings is 2. The van der Waals surface area contributed by atoms with E-state index in [9.17, 15) is 21.6 Å². The van der Waals surface area contributed by atoms with Gasteiger partial charge in [-0.1, -0.05) is 36.8 Å². The lowest BCUT2D eigenvalue weighted by molar-refractivity contribution is -0.126. The predicted octanol–water partition coefficient (Wildman–Crippen LogP) is 2.60. The topological polar surface area (TPSA) is 113 Å². The van der Waals surface area contributed by atoms with Crippen LogP contribution in [0.2, 0.25) is 0 Å². The summed E-state index contributed by atoms with van der Waals surface area (Å²) in [6, 6.07) is 15.5. The number of carbonyl (C=O) groups is 1. The van der Waals surface area contributed by atoms with Crippen molar-refractivity contribution in [1.82, 2.24) is 13.9 Å². The summed E-state index contributed by atoms with van der Waals surface area (Å²) in [6.07, 6.45) is 3.80. The molecule has 2 aliphatic rings. The van der Waals surface area contributed by atoms with Crippen LogP contribution in [0.5, 0.6) is 5.75 Å². The summed E-state index contributed by atoms with van der Waals surface area (Å²) in [5.74, 6) is 0.158. The van der Waals surface area contributed by atoms with Crippen molar-refractivity contribution in [3.63, 3.8) is 0 Å². The van der Waals surface area contributed by atoms with Gasteiger partial charge < -0.3 is 10.1 Å². The fourth-order valence-corrected chi connectivity index (χ4v) is 7.80. The Morgan fingerprint density at radius 2 is 1.49 bits per heavy atom. The molecular weight excluding hydrogens is 514 g/mol. The second-order valence-electron chi connectivity index (χ2n) is 9.49. The first-order valence-electron chi connectivity index (χ1n) is 12.8. The van der Waals surface area contributed by atoms with Gasteiger partial charge in [-0.25, -0.2) is 21.1 Å². The molecule has 1 amide bonds. The molecule has 202 valence electrons. The van der Waals surface area contributed by atoms with Crippen molar-refractivity contribution in [2.45, 2.75) is 42.8 Å². The van der Waals surface area contributed by atoms with Gasteiger partial charge in [-0.05, 0) is 55.5 Å². The Hall–Kier alpha value is -2.47. The molecule has 2 heterocycles. The van der Waals surface area contributed by atoms with E-state index in [1.807, 2.05) is 18.2 Å². The number of nitrogens with one attached hydrogen (secondary N) is 1. The fraction of sp³-hybridized carbons (Fsp3) is 0.500. The van der Waals surface area contributed by atoms with Crippen LogP contribution >= 0.6 is 0 Å². The molecule has 2 saturated heterocycles. The van der Waals surface area contributed by atoms with Gasteiger partial charge in [0.05, 0.1) is 17.2 Å². The van der Waals surface area contributed by atoms with Gasteiger partial charge in [0, 0.05) is 32.1 Å². The molecule has 2 fully saturated rings. The van der Waals surface area contributed by atoms with Gasteiger partial charge in [-0.3, -0.25) is 4.79 Å². The molecule has 0 radical (unpaired) electrons. The number of sulfonamides is 2. The fourth-order valence-electron chi connectivity index (χ4n) is 4.72. The van der Waals surface area contributed by atoms with Gasteiger partial charge in [-0.2, -0.15) is 4.31 Å². The molecule has 0 aromatic heterocycles. The summed E-state index contributed by atoms with van der Waals surface area (Å²) in [4.78, 5) is 12.8. The Balaban J connectivity index is 1.17. The standard InChI is InChI=1S/C26H35N3O6S2/c30-26(23-13-18-28(19-14-23)36(31,32)21-22-7-3-1-4-8-22)27-15-20-35-24-9-11-25(12-10-24)37(33,34)29-16-5-2-6-17-29/h1,3-4,7-12,23H,2,5-6,13-21H2,(H,27,30). The van der Waals surface area contributed by atoms with Crippen LogP contribution in [0.25, 0.3) is 0 Å². The van der Waals surface area contributed by atoms with Crippen LogP contribution < -0.4 is 10.1 Å². The number of nitrogens with zero attached hydrogens (tertiary/aromatic N) is 2. The van der Waals surface area contributed by atoms with E-state index in [1.54, 1.807) is 36.4 Å². The molecule has 11 heteroatoms. The predicted molar refractivity (Wildman–Crippen MR) is 141 cm³/mol. The van der Waals surface area contributed by atoms with Gasteiger partial charge in [0.25, 0.3) is 0 Å². The molecule has 1 N–H and O–H groups in total. The van der Waals surface area contributed by atoms with Crippen molar-refractivity contribution in [2.24, 2.45) is 5.92 Å². The number of hydrogen-bond acceptors (Lipinski definition) is 6. The van der Waals surface area contributed by atoms with Crippen LogP contribution in [0, 0.1) is 5.92 Å². The van der Waals surface area contributed by atoms with Crippen molar-refractivity contribution in [2.75, 3.05) is 39.3 Å². The van der Waals surface area contributed by atoms with Crippen molar-refractivity contribution in [3.8, 4) is 5.75 Å². The van der Waals surface area contributed by atoms with E-state index >= 15 is 0 Å². The summed E-state index contributed by atoms with van der Waals surface area (Å²) >= 11 is 0. The Bertz CT molecular complexity index is 1240. The normalized spacial score (nSPS) is 18.4. The second kappa shape index (κ2) is 12.4. The van der Waals surface area contributed by atoms with Crippen molar-refractivity contribution in [1.29, 1.82) is 0 Å². The molecule has 2 aromatic rings. The third kappa shape index (κ3) is 7.31. The number of rotatable bonds is 10. The summed E-state index contributed by atoms with van der Waals surface area (Å²) in [7, 11) is -6.89. The number of amides is 1. The van der Waals surface area contributed by atoms with E-state index in [-0.39, 0.29) is 29.1 Å². The molecular formula is C26H35N3O6S2. The van der Waals surface area contributed by atoms with Crippen molar-refractivity contribution < 1.29 is 26.4 Å². The van der Waals surface area contributed by atoms with E-state index in [2.05, 4.69) is 5.32 Å². The zero-order chi connectivity index (χ0) is 26.3. The molecule has 37 heavy (non-hydrogen) atoms. The molecule has 4 rings (SSSR count). The molecule has 2 aromatic carbocycles. The number of carbonyl (C=O) groups excluding carboxylic acids is 1. The van der Waals surface area contributed by atoms with Crippen LogP contribution in [0.15, 0.2) is 59.5 Å². The Morgan fingerprint density at radius 3 is 2.14 bits per heavy atom. The van der Waals surface area contributed by atoms with Gasteiger partial charge in [0.2, 0.25) is 26.0 Å². The maximum absolute atomic E-state index is 12.7. The molecule has 0 saturated carbocycles. The first-order valence-corrected chi connectivity index (χ1v) is 15.8. The smallest absolute Gasteiger partial charge is 0.243 e. The van der Waals surface area contributed by atoms with Crippen LogP contribution in [0.1, 0.15) is 37.7 Å². The highest BCUT2D eigenvalue weighted by Gasteiger charge is 2.31. The first kappa shape index (κ1) is 27.6. The molecule has 0 unspecified atom stereocenters. The third-order valence-electron chi connectivity index (χ3n) is 6.86. The lowest BCUT2D eigenvalue weighted by Gasteiger charge is -2.30. The maximum Gasteiger partial charge on any atom is 0.243 e. The Labute approximate surface area is 219 Å². The van der Waals surface area contributed by atoms with E-state index in [4.69, 9.17) is 4.74 Å². The first-order chi connectivity index (χ1) is 17.8. The Morgan fingerprint density at radius 1 is 0.838 bits per heavy atom. The van der Waals surface area contributed by atoms with Gasteiger partial charge in [0.15, 0.2) is 0 Å². The largest absolute Gasteiger partial charge is 0.492 e. The highest BCUT2D eigenvalue weighted by molar-refractivity contribution is 7.89. The quantitative estimate of drug-likeness (QED) is 0.456. The molecule has 0 bridgehead atoms. The highest BCUT2D eigenvalue weighted by atomic mass is 32.2. The highest BCUT2D eigenvalue weighted by Crippen LogP contribution is 2.23. The summed E-state index contributed by atoms with van der Waals surface area (Å²) in [5, 5.41) is 2.86. The molecule has 2 aliphatic heterocycles. The zero-order valence-electron chi connectivity index (χ0n) is 20.9. The lowest BCUT2D eigenvalue weighted by Crippen LogP contribution is -2.43. The number of hydrogen-bond donors (Lipinski definition) is 1. The van der Waals surface area contributed by atoms with E-state index in [1.165, 1.54) is 8.61 Å². The van der Waals surface area contributed by atoms with Crippen LogP contribution in [-0.4, -0.2) is 70.7 Å². The zero-order valence-corrected chi connectivity index (χ0v) is 22.6. The Kier molecular flexibility index (Phi) is 9.22. The average Bonchev–Trinajstić information content (AvgIpc) is 2.92. The van der Waals surface area contributed by atoms with E-state index < -0.39 is 20.0 Å². The minimum absolute atomic E-state index is 0.0345. The average molecular weight is 550 g/mol. The number of piperidine rings is 2. The SMILES string of the molecule is O=C(NCCOc1ccc(S(=O)(=O)N2CCCCC2)cc1)C1CCN(S(=O)(=O)Cc2ccccc2)CC1. The lowest BCUT2D eigenvalue weighted by atomic mass is 9.97. The van der Waals surface area contributed by atoms with Gasteiger partial charge in [-0.15, -0.1) is 0 Å². The molecule has 0 aliphatic carbocycles. The second-order valence-corrected chi connectivity index (χ2v) is 13.4. The van der Waals surface area contributed by atoms with Crippen LogP contribution in [-0.2, 0) is 30.6 Å². The maximum atomic E-state index is 12.7. The third-order valence-corrected chi connectivity index (χ3v) is 10.6. The molecule has 9 nitrogen and oxygen atoms in total. The summed E-state index contributed by atoms with van der Waals surface area (Å²) in [6.45, 7) is 2.33. The van der Waals surface area contributed by atoms with Crippen molar-refractivity contribution in [3.05, 3.63) is 60.2 Å². The van der Waals surface area contributed by atoms with Crippen molar-refractivity contribution >= 4 is 26.0 Å². The molecule has 0 atom stereocenters. The summed E-state index contributed by atoms with van der Waals surface area (Å²) < 4.78 is 59.6. The van der Waals surface area contributed by atoms with E-state index in [0.717, 1.165) is 24.8 Å². The molecule has 0 spiro atoms. The minimum Gasteiger partial charge on any atom is -0.492 e. The van der Waals surface area contributed by atoms with E-state index in [0.29, 0.717) is 51.3 Å².